The maximum atomic E-state index is 13.8. The van der Waals surface area contributed by atoms with E-state index in [0.717, 1.165) is 127 Å². The molecule has 4 amide bonds. The molecule has 2 heterocycles. The molecular formula is C46H38N2O4. The first-order chi connectivity index (χ1) is 25.4. The number of carbonyl (C=O) groups is 4. The van der Waals surface area contributed by atoms with Crippen molar-refractivity contribution in [3.63, 3.8) is 0 Å². The lowest BCUT2D eigenvalue weighted by Gasteiger charge is -2.29. The van der Waals surface area contributed by atoms with Gasteiger partial charge in [-0.1, -0.05) is 101 Å². The first kappa shape index (κ1) is 31.1. The molecule has 256 valence electrons. The summed E-state index contributed by atoms with van der Waals surface area (Å²) in [7, 11) is 0. The molecule has 6 heteroatoms. The maximum Gasteiger partial charge on any atom is 0.261 e. The van der Waals surface area contributed by atoms with Crippen molar-refractivity contribution in [2.24, 2.45) is 0 Å². The number of benzene rings is 8. The monoisotopic (exact) mass is 682 g/mol. The summed E-state index contributed by atoms with van der Waals surface area (Å²) >= 11 is 0. The van der Waals surface area contributed by atoms with Crippen LogP contribution in [0.4, 0.5) is 0 Å². The van der Waals surface area contributed by atoms with Gasteiger partial charge in [0.05, 0.1) is 0 Å². The van der Waals surface area contributed by atoms with Gasteiger partial charge in [0, 0.05) is 46.1 Å². The van der Waals surface area contributed by atoms with Crippen LogP contribution in [0, 0.1) is 0 Å². The van der Waals surface area contributed by atoms with Crippen LogP contribution in [-0.2, 0) is 0 Å². The van der Waals surface area contributed by atoms with Gasteiger partial charge in [0.2, 0.25) is 0 Å². The minimum absolute atomic E-state index is 0.207. The Labute approximate surface area is 300 Å². The third-order valence-corrected chi connectivity index (χ3v) is 12.0. The van der Waals surface area contributed by atoms with Gasteiger partial charge in [0.25, 0.3) is 23.6 Å². The second-order valence-corrected chi connectivity index (χ2v) is 14.9. The van der Waals surface area contributed by atoms with E-state index in [1.807, 2.05) is 24.3 Å². The van der Waals surface area contributed by atoms with E-state index in [1.54, 1.807) is 0 Å². The SMILES string of the molecule is CCCCCCN1C(=O)c2ccc3c4ccc5c6ccc7c8c(ccc(c9ccc(c%10ccc(c2c3%10)C1=O)c4c59)c86)C(=O)N(CCCCCC)C7=O. The minimum atomic E-state index is -0.207. The second-order valence-electron chi connectivity index (χ2n) is 14.9. The summed E-state index contributed by atoms with van der Waals surface area (Å²) in [5.41, 5.74) is 2.38. The topological polar surface area (TPSA) is 74.8 Å². The number of unbranched alkanes of at least 4 members (excludes halogenated alkanes) is 6. The van der Waals surface area contributed by atoms with Crippen molar-refractivity contribution in [2.75, 3.05) is 13.1 Å². The lowest BCUT2D eigenvalue weighted by atomic mass is 9.81. The fourth-order valence-electron chi connectivity index (χ4n) is 9.56. The zero-order valence-corrected chi connectivity index (χ0v) is 29.5. The molecule has 0 atom stereocenters. The van der Waals surface area contributed by atoms with Crippen molar-refractivity contribution in [1.82, 2.24) is 9.80 Å². The molecular weight excluding hydrogens is 645 g/mol. The standard InChI is InChI=1S/C46H38N2O4/c1-3-5-7-9-23-47-43(49)33-19-15-29-25-11-13-27-31-17-21-35-42-36(46(52)48(45(35)51)24-10-8-6-4-2)22-18-32(40(31)42)28-14-12-26(37(25)38(27)28)30-16-20-34(44(47)50)41(33)39(29)30/h11-22H,3-10,23-24H2,1-2H3. The molecule has 2 aliphatic heterocycles. The van der Waals surface area contributed by atoms with Gasteiger partial charge in [-0.2, -0.15) is 0 Å². The average molecular weight is 683 g/mol. The van der Waals surface area contributed by atoms with Crippen LogP contribution in [0.25, 0.3) is 75.4 Å². The normalized spacial score (nSPS) is 14.8. The van der Waals surface area contributed by atoms with E-state index in [-0.39, 0.29) is 23.6 Å². The van der Waals surface area contributed by atoms with E-state index < -0.39 is 0 Å². The van der Waals surface area contributed by atoms with E-state index in [0.29, 0.717) is 35.3 Å². The molecule has 0 N–H and O–H groups in total. The number of carbonyl (C=O) groups excluding carboxylic acids is 4. The number of hydrogen-bond acceptors (Lipinski definition) is 4. The van der Waals surface area contributed by atoms with Gasteiger partial charge in [-0.25, -0.2) is 0 Å². The van der Waals surface area contributed by atoms with Crippen LogP contribution in [0.15, 0.2) is 72.8 Å². The van der Waals surface area contributed by atoms with Crippen molar-refractivity contribution in [3.05, 3.63) is 95.1 Å². The van der Waals surface area contributed by atoms with Crippen LogP contribution >= 0.6 is 0 Å². The van der Waals surface area contributed by atoms with Crippen LogP contribution in [0.3, 0.4) is 0 Å². The minimum Gasteiger partial charge on any atom is -0.274 e. The molecule has 8 aromatic carbocycles. The Morgan fingerprint density at radius 2 is 0.577 bits per heavy atom. The predicted octanol–water partition coefficient (Wildman–Crippen LogP) is 11.0. The molecule has 52 heavy (non-hydrogen) atoms. The molecule has 8 aromatic rings. The lowest BCUT2D eigenvalue weighted by molar-refractivity contribution is 0.0592. The number of nitrogens with zero attached hydrogens (tertiary/aromatic N) is 2. The first-order valence-electron chi connectivity index (χ1n) is 19.0. The molecule has 0 radical (unpaired) electrons. The summed E-state index contributed by atoms with van der Waals surface area (Å²) in [5, 5.41) is 14.1. The fraction of sp³-hybridized carbons (Fsp3) is 0.261. The molecule has 0 aliphatic carbocycles. The quantitative estimate of drug-likeness (QED) is 0.0623. The Morgan fingerprint density at radius 1 is 0.327 bits per heavy atom. The Bertz CT molecular complexity index is 2500. The van der Waals surface area contributed by atoms with Crippen molar-refractivity contribution >= 4 is 99.0 Å². The summed E-state index contributed by atoms with van der Waals surface area (Å²) in [6, 6.07) is 24.6. The largest absolute Gasteiger partial charge is 0.274 e. The molecule has 0 saturated carbocycles. The summed E-state index contributed by atoms with van der Waals surface area (Å²) in [6.07, 6.45) is 7.97. The third kappa shape index (κ3) is 4.01. The zero-order valence-electron chi connectivity index (χ0n) is 29.5. The van der Waals surface area contributed by atoms with Crippen molar-refractivity contribution in [2.45, 2.75) is 65.2 Å². The summed E-state index contributed by atoms with van der Waals surface area (Å²) in [4.78, 5) is 58.3. The van der Waals surface area contributed by atoms with Gasteiger partial charge in [0.15, 0.2) is 0 Å². The number of rotatable bonds is 10. The highest BCUT2D eigenvalue weighted by molar-refractivity contribution is 6.45. The Balaban J connectivity index is 1.19. The molecule has 0 aromatic heterocycles. The maximum absolute atomic E-state index is 13.8. The number of hydrogen-bond donors (Lipinski definition) is 0. The van der Waals surface area contributed by atoms with E-state index in [2.05, 4.69) is 62.4 Å². The molecule has 0 unspecified atom stereocenters. The summed E-state index contributed by atoms with van der Waals surface area (Å²) in [5.74, 6) is -0.826. The van der Waals surface area contributed by atoms with Crippen LogP contribution < -0.4 is 0 Å². The Morgan fingerprint density at radius 3 is 0.846 bits per heavy atom. The van der Waals surface area contributed by atoms with E-state index in [9.17, 15) is 19.2 Å². The van der Waals surface area contributed by atoms with Crippen LogP contribution in [0.1, 0.15) is 107 Å². The molecule has 0 spiro atoms. The molecule has 6 nitrogen and oxygen atoms in total. The van der Waals surface area contributed by atoms with Gasteiger partial charge in [-0.3, -0.25) is 29.0 Å². The Kier molecular flexibility index (Phi) is 6.85. The van der Waals surface area contributed by atoms with E-state index >= 15 is 0 Å². The highest BCUT2D eigenvalue weighted by Crippen LogP contribution is 2.49. The molecule has 0 fully saturated rings. The van der Waals surface area contributed by atoms with Crippen LogP contribution in [0.5, 0.6) is 0 Å². The molecule has 0 bridgehead atoms. The van der Waals surface area contributed by atoms with Crippen molar-refractivity contribution < 1.29 is 19.2 Å². The van der Waals surface area contributed by atoms with Gasteiger partial charge in [-0.05, 0) is 102 Å². The smallest absolute Gasteiger partial charge is 0.261 e. The lowest BCUT2D eigenvalue weighted by Crippen LogP contribution is -2.40. The van der Waals surface area contributed by atoms with Crippen molar-refractivity contribution in [1.29, 1.82) is 0 Å². The van der Waals surface area contributed by atoms with Crippen LogP contribution in [-0.4, -0.2) is 46.5 Å². The number of fused-ring (bicyclic) bond motifs is 4. The predicted molar refractivity (Wildman–Crippen MR) is 210 cm³/mol. The number of imide groups is 2. The number of amides is 4. The molecule has 0 saturated heterocycles. The molecule has 2 aliphatic rings. The highest BCUT2D eigenvalue weighted by atomic mass is 16.2. The summed E-state index contributed by atoms with van der Waals surface area (Å²) in [6.45, 7) is 5.18. The summed E-state index contributed by atoms with van der Waals surface area (Å²) < 4.78 is 0. The Hall–Kier alpha value is -5.62. The highest BCUT2D eigenvalue weighted by Gasteiger charge is 2.36. The van der Waals surface area contributed by atoms with Gasteiger partial charge < -0.3 is 0 Å². The van der Waals surface area contributed by atoms with Gasteiger partial charge in [0.1, 0.15) is 0 Å². The first-order valence-corrected chi connectivity index (χ1v) is 19.0. The molecule has 10 rings (SSSR count). The van der Waals surface area contributed by atoms with Gasteiger partial charge in [-0.15, -0.1) is 0 Å². The fourth-order valence-corrected chi connectivity index (χ4v) is 9.56. The second kappa shape index (κ2) is 11.4. The van der Waals surface area contributed by atoms with Crippen molar-refractivity contribution in [3.8, 4) is 0 Å². The van der Waals surface area contributed by atoms with Crippen LogP contribution in [0.2, 0.25) is 0 Å². The van der Waals surface area contributed by atoms with Gasteiger partial charge >= 0.3 is 0 Å². The average Bonchev–Trinajstić information content (AvgIpc) is 3.17. The van der Waals surface area contributed by atoms with E-state index in [4.69, 9.17) is 0 Å². The zero-order chi connectivity index (χ0) is 35.4. The van der Waals surface area contributed by atoms with E-state index in [1.165, 1.54) is 9.80 Å². The third-order valence-electron chi connectivity index (χ3n) is 12.0.